The van der Waals surface area contributed by atoms with E-state index >= 15 is 0 Å². The van der Waals surface area contributed by atoms with Crippen LogP contribution in [-0.4, -0.2) is 18.4 Å². The molecule has 0 saturated carbocycles. The summed E-state index contributed by atoms with van der Waals surface area (Å²) in [4.78, 5) is 23.3. The second-order valence-electron chi connectivity index (χ2n) is 5.18. The first kappa shape index (κ1) is 16.2. The molecule has 0 bridgehead atoms. The highest BCUT2D eigenvalue weighted by atomic mass is 16.2. The van der Waals surface area contributed by atoms with E-state index in [1.54, 1.807) is 12.1 Å². The van der Waals surface area contributed by atoms with Crippen molar-refractivity contribution in [3.63, 3.8) is 0 Å². The maximum Gasteiger partial charge on any atom is 0.251 e. The number of rotatable bonds is 7. The zero-order valence-corrected chi connectivity index (χ0v) is 12.5. The zero-order chi connectivity index (χ0) is 15.0. The van der Waals surface area contributed by atoms with Gasteiger partial charge in [-0.15, -0.1) is 0 Å². The molecule has 4 heteroatoms. The van der Waals surface area contributed by atoms with E-state index in [4.69, 9.17) is 0 Å². The summed E-state index contributed by atoms with van der Waals surface area (Å²) in [5.41, 5.74) is 1.64. The minimum atomic E-state index is -0.0452. The molecule has 110 valence electrons. The molecule has 0 aliphatic carbocycles. The number of unbranched alkanes of at least 4 members (excludes halogenated alkanes) is 1. The van der Waals surface area contributed by atoms with E-state index in [2.05, 4.69) is 17.6 Å². The maximum atomic E-state index is 11.8. The summed E-state index contributed by atoms with van der Waals surface area (Å²) in [6.07, 6.45) is 2.06. The van der Waals surface area contributed by atoms with Gasteiger partial charge in [0.15, 0.2) is 0 Å². The smallest absolute Gasteiger partial charge is 0.251 e. The Kier molecular flexibility index (Phi) is 6.77. The largest absolute Gasteiger partial charge is 0.352 e. The van der Waals surface area contributed by atoms with Crippen LogP contribution < -0.4 is 10.6 Å². The SMILES string of the molecule is CCCCNC(=O)c1ccc(CNC(=O)C(C)C)cc1. The van der Waals surface area contributed by atoms with Gasteiger partial charge in [-0.3, -0.25) is 9.59 Å². The Morgan fingerprint density at radius 1 is 1.10 bits per heavy atom. The third kappa shape index (κ3) is 5.43. The Bertz CT molecular complexity index is 438. The Hall–Kier alpha value is -1.84. The van der Waals surface area contributed by atoms with Crippen molar-refractivity contribution < 1.29 is 9.59 Å². The first-order valence-corrected chi connectivity index (χ1v) is 7.19. The van der Waals surface area contributed by atoms with E-state index in [0.29, 0.717) is 18.7 Å². The lowest BCUT2D eigenvalue weighted by atomic mass is 10.1. The number of nitrogens with one attached hydrogen (secondary N) is 2. The number of hydrogen-bond acceptors (Lipinski definition) is 2. The van der Waals surface area contributed by atoms with Gasteiger partial charge < -0.3 is 10.6 Å². The van der Waals surface area contributed by atoms with E-state index in [1.807, 2.05) is 26.0 Å². The van der Waals surface area contributed by atoms with Crippen molar-refractivity contribution >= 4 is 11.8 Å². The molecule has 2 amide bonds. The van der Waals surface area contributed by atoms with E-state index in [1.165, 1.54) is 0 Å². The van der Waals surface area contributed by atoms with Gasteiger partial charge in [-0.2, -0.15) is 0 Å². The normalized spacial score (nSPS) is 10.4. The van der Waals surface area contributed by atoms with Crippen molar-refractivity contribution in [1.82, 2.24) is 10.6 Å². The van der Waals surface area contributed by atoms with E-state index < -0.39 is 0 Å². The summed E-state index contributed by atoms with van der Waals surface area (Å²) in [5, 5.41) is 5.73. The lowest BCUT2D eigenvalue weighted by Gasteiger charge is -2.08. The van der Waals surface area contributed by atoms with Gasteiger partial charge in [-0.25, -0.2) is 0 Å². The second-order valence-corrected chi connectivity index (χ2v) is 5.18. The molecule has 1 aromatic carbocycles. The molecule has 4 nitrogen and oxygen atoms in total. The maximum absolute atomic E-state index is 11.8. The lowest BCUT2D eigenvalue weighted by molar-refractivity contribution is -0.124. The van der Waals surface area contributed by atoms with Gasteiger partial charge in [0.2, 0.25) is 5.91 Å². The summed E-state index contributed by atoms with van der Waals surface area (Å²) in [5.74, 6) is -0.0267. The van der Waals surface area contributed by atoms with Crippen LogP contribution in [0.3, 0.4) is 0 Å². The van der Waals surface area contributed by atoms with Crippen molar-refractivity contribution in [2.24, 2.45) is 5.92 Å². The first-order valence-electron chi connectivity index (χ1n) is 7.19. The standard InChI is InChI=1S/C16H24N2O2/c1-4-5-10-17-16(20)14-8-6-13(7-9-14)11-18-15(19)12(2)3/h6-9,12H,4-5,10-11H2,1-3H3,(H,17,20)(H,18,19). The van der Waals surface area contributed by atoms with Crippen LogP contribution in [0.15, 0.2) is 24.3 Å². The summed E-state index contributed by atoms with van der Waals surface area (Å²) < 4.78 is 0. The van der Waals surface area contributed by atoms with E-state index in [0.717, 1.165) is 18.4 Å². The minimum absolute atomic E-state index is 0.0152. The molecular weight excluding hydrogens is 252 g/mol. The van der Waals surface area contributed by atoms with E-state index in [9.17, 15) is 9.59 Å². The molecule has 0 aliphatic heterocycles. The molecule has 2 N–H and O–H groups in total. The third-order valence-corrected chi connectivity index (χ3v) is 3.02. The van der Waals surface area contributed by atoms with Gasteiger partial charge in [-0.05, 0) is 24.1 Å². The predicted octanol–water partition coefficient (Wildman–Crippen LogP) is 2.49. The fraction of sp³-hybridized carbons (Fsp3) is 0.500. The molecule has 20 heavy (non-hydrogen) atoms. The number of carbonyl (C=O) groups is 2. The summed E-state index contributed by atoms with van der Waals surface area (Å²) in [7, 11) is 0. The molecule has 0 aliphatic rings. The highest BCUT2D eigenvalue weighted by molar-refractivity contribution is 5.94. The van der Waals surface area contributed by atoms with Crippen molar-refractivity contribution in [3.8, 4) is 0 Å². The quantitative estimate of drug-likeness (QED) is 0.752. The van der Waals surface area contributed by atoms with Crippen molar-refractivity contribution in [2.75, 3.05) is 6.54 Å². The summed E-state index contributed by atoms with van der Waals surface area (Å²) >= 11 is 0. The predicted molar refractivity (Wildman–Crippen MR) is 80.4 cm³/mol. The van der Waals surface area contributed by atoms with Crippen LogP contribution >= 0.6 is 0 Å². The molecule has 0 atom stereocenters. The second kappa shape index (κ2) is 8.35. The summed E-state index contributed by atoms with van der Waals surface area (Å²) in [6, 6.07) is 7.32. The third-order valence-electron chi connectivity index (χ3n) is 3.02. The number of carbonyl (C=O) groups excluding carboxylic acids is 2. The van der Waals surface area contributed by atoms with Crippen molar-refractivity contribution in [2.45, 2.75) is 40.2 Å². The van der Waals surface area contributed by atoms with Crippen LogP contribution in [0.25, 0.3) is 0 Å². The number of benzene rings is 1. The van der Waals surface area contributed by atoms with Gasteiger partial charge in [0.1, 0.15) is 0 Å². The van der Waals surface area contributed by atoms with Crippen LogP contribution in [0.2, 0.25) is 0 Å². The van der Waals surface area contributed by atoms with Gasteiger partial charge in [0.05, 0.1) is 0 Å². The number of hydrogen-bond donors (Lipinski definition) is 2. The molecule has 1 rings (SSSR count). The van der Waals surface area contributed by atoms with Gasteiger partial charge in [0, 0.05) is 24.6 Å². The average molecular weight is 276 g/mol. The van der Waals surface area contributed by atoms with Gasteiger partial charge in [-0.1, -0.05) is 39.3 Å². The fourth-order valence-electron chi connectivity index (χ4n) is 1.65. The molecule has 0 saturated heterocycles. The van der Waals surface area contributed by atoms with Crippen LogP contribution in [0, 0.1) is 5.92 Å². The Labute approximate surface area is 121 Å². The van der Waals surface area contributed by atoms with Gasteiger partial charge in [0.25, 0.3) is 5.91 Å². The zero-order valence-electron chi connectivity index (χ0n) is 12.5. The van der Waals surface area contributed by atoms with E-state index in [-0.39, 0.29) is 17.7 Å². The monoisotopic (exact) mass is 276 g/mol. The molecular formula is C16H24N2O2. The molecule has 1 aromatic rings. The van der Waals surface area contributed by atoms with Crippen LogP contribution in [0.5, 0.6) is 0 Å². The Balaban J connectivity index is 2.47. The molecule has 0 radical (unpaired) electrons. The lowest BCUT2D eigenvalue weighted by Crippen LogP contribution is -2.27. The Morgan fingerprint density at radius 2 is 1.75 bits per heavy atom. The van der Waals surface area contributed by atoms with Crippen molar-refractivity contribution in [3.05, 3.63) is 35.4 Å². The van der Waals surface area contributed by atoms with Crippen LogP contribution in [-0.2, 0) is 11.3 Å². The Morgan fingerprint density at radius 3 is 2.30 bits per heavy atom. The highest BCUT2D eigenvalue weighted by Crippen LogP contribution is 2.05. The molecule has 0 aromatic heterocycles. The highest BCUT2D eigenvalue weighted by Gasteiger charge is 2.07. The van der Waals surface area contributed by atoms with Gasteiger partial charge >= 0.3 is 0 Å². The summed E-state index contributed by atoms with van der Waals surface area (Å²) in [6.45, 7) is 7.01. The number of amides is 2. The van der Waals surface area contributed by atoms with Crippen LogP contribution in [0.4, 0.5) is 0 Å². The first-order chi connectivity index (χ1) is 9.54. The minimum Gasteiger partial charge on any atom is -0.352 e. The molecule has 0 spiro atoms. The van der Waals surface area contributed by atoms with Crippen LogP contribution in [0.1, 0.15) is 49.5 Å². The van der Waals surface area contributed by atoms with Crippen molar-refractivity contribution in [1.29, 1.82) is 0 Å². The average Bonchev–Trinajstić information content (AvgIpc) is 2.45. The molecule has 0 heterocycles. The topological polar surface area (TPSA) is 58.2 Å². The fourth-order valence-corrected chi connectivity index (χ4v) is 1.65. The molecule has 0 unspecified atom stereocenters. The molecule has 0 fully saturated rings.